The topological polar surface area (TPSA) is 98.8 Å². The van der Waals surface area contributed by atoms with Crippen LogP contribution in [0.2, 0.25) is 5.02 Å². The van der Waals surface area contributed by atoms with Crippen molar-refractivity contribution in [2.45, 2.75) is 11.3 Å². The molecule has 0 fully saturated rings. The molecular formula is C28H27ClN6O2. The third-order valence-electron chi connectivity index (χ3n) is 6.78. The summed E-state index contributed by atoms with van der Waals surface area (Å²) in [5.41, 5.74) is 9.87. The largest absolute Gasteiger partial charge is 0.493 e. The first kappa shape index (κ1) is 24.5. The molecule has 1 aliphatic heterocycles. The van der Waals surface area contributed by atoms with Crippen LogP contribution in [0.25, 0.3) is 0 Å². The van der Waals surface area contributed by atoms with Gasteiger partial charge in [-0.05, 0) is 47.5 Å². The van der Waals surface area contributed by atoms with Gasteiger partial charge in [-0.25, -0.2) is 15.0 Å². The van der Waals surface area contributed by atoms with Gasteiger partial charge in [0.2, 0.25) is 0 Å². The number of benzene rings is 2. The molecule has 0 saturated carbocycles. The van der Waals surface area contributed by atoms with Gasteiger partial charge in [-0.2, -0.15) is 0 Å². The van der Waals surface area contributed by atoms with Gasteiger partial charge in [0.05, 0.1) is 42.8 Å². The van der Waals surface area contributed by atoms with Crippen LogP contribution < -0.4 is 20.1 Å². The van der Waals surface area contributed by atoms with Crippen LogP contribution in [0.15, 0.2) is 72.1 Å². The second kappa shape index (κ2) is 9.71. The highest BCUT2D eigenvalue weighted by molar-refractivity contribution is 6.30. The quantitative estimate of drug-likeness (QED) is 0.385. The summed E-state index contributed by atoms with van der Waals surface area (Å²) in [6.45, 7) is 0. The average molecular weight is 515 g/mol. The predicted molar refractivity (Wildman–Crippen MR) is 147 cm³/mol. The molecule has 0 amide bonds. The molecule has 2 N–H and O–H groups in total. The molecule has 1 aliphatic rings. The molecule has 4 aromatic rings. The summed E-state index contributed by atoms with van der Waals surface area (Å²) in [4.78, 5) is 20.6. The number of anilines is 2. The molecule has 0 spiro atoms. The van der Waals surface area contributed by atoms with E-state index < -0.39 is 5.41 Å². The Morgan fingerprint density at radius 3 is 2.43 bits per heavy atom. The van der Waals surface area contributed by atoms with E-state index >= 15 is 0 Å². The molecule has 2 atom stereocenters. The van der Waals surface area contributed by atoms with Crippen LogP contribution in [0.3, 0.4) is 0 Å². The van der Waals surface area contributed by atoms with Crippen molar-refractivity contribution in [2.24, 2.45) is 4.99 Å². The highest BCUT2D eigenvalue weighted by Gasteiger charge is 2.50. The number of ether oxygens (including phenoxy) is 2. The molecule has 37 heavy (non-hydrogen) atoms. The van der Waals surface area contributed by atoms with Crippen LogP contribution >= 0.6 is 11.6 Å². The molecule has 3 heterocycles. The first-order valence-corrected chi connectivity index (χ1v) is 12.0. The summed E-state index contributed by atoms with van der Waals surface area (Å²) in [5.74, 6) is 1.69. The number of nitrogens with zero attached hydrogens (tertiary/aromatic N) is 5. The molecule has 2 aromatic heterocycles. The van der Waals surface area contributed by atoms with E-state index in [1.807, 2.05) is 86.0 Å². The minimum Gasteiger partial charge on any atom is -0.493 e. The van der Waals surface area contributed by atoms with Crippen LogP contribution in [0.4, 0.5) is 17.3 Å². The second-order valence-electron chi connectivity index (χ2n) is 8.94. The molecule has 0 aliphatic carbocycles. The van der Waals surface area contributed by atoms with Gasteiger partial charge in [0.15, 0.2) is 17.3 Å². The summed E-state index contributed by atoms with van der Waals surface area (Å²) in [7, 11) is 7.18. The van der Waals surface area contributed by atoms with Crippen molar-refractivity contribution < 1.29 is 9.47 Å². The van der Waals surface area contributed by atoms with E-state index in [9.17, 15) is 0 Å². The summed E-state index contributed by atoms with van der Waals surface area (Å²) < 4.78 is 11.1. The monoisotopic (exact) mass is 514 g/mol. The number of nitrogen functional groups attached to an aromatic ring is 1. The zero-order chi connectivity index (χ0) is 26.2. The predicted octanol–water partition coefficient (Wildman–Crippen LogP) is 5.02. The van der Waals surface area contributed by atoms with E-state index in [0.29, 0.717) is 33.7 Å². The fourth-order valence-electron chi connectivity index (χ4n) is 5.04. The minimum absolute atomic E-state index is 0.325. The van der Waals surface area contributed by atoms with E-state index in [4.69, 9.17) is 36.8 Å². The maximum absolute atomic E-state index is 6.61. The molecule has 0 saturated heterocycles. The number of rotatable bonds is 6. The summed E-state index contributed by atoms with van der Waals surface area (Å²) >= 11 is 6.57. The van der Waals surface area contributed by atoms with Crippen LogP contribution in [0.1, 0.15) is 28.3 Å². The summed E-state index contributed by atoms with van der Waals surface area (Å²) in [6.07, 6.45) is 5.16. The highest BCUT2D eigenvalue weighted by atomic mass is 35.5. The minimum atomic E-state index is -0.947. The second-order valence-corrected chi connectivity index (χ2v) is 9.38. The Kier molecular flexibility index (Phi) is 6.43. The van der Waals surface area contributed by atoms with Gasteiger partial charge in [0, 0.05) is 31.3 Å². The lowest BCUT2D eigenvalue weighted by molar-refractivity contribution is 0.354. The Labute approximate surface area is 220 Å². The third-order valence-corrected chi connectivity index (χ3v) is 7.01. The maximum atomic E-state index is 6.61. The number of hydrogen-bond acceptors (Lipinski definition) is 8. The Morgan fingerprint density at radius 2 is 1.76 bits per heavy atom. The lowest BCUT2D eigenvalue weighted by Gasteiger charge is -2.42. The third kappa shape index (κ3) is 4.03. The molecule has 2 aromatic carbocycles. The van der Waals surface area contributed by atoms with Crippen molar-refractivity contribution in [3.05, 3.63) is 94.5 Å². The lowest BCUT2D eigenvalue weighted by Crippen LogP contribution is -2.41. The van der Waals surface area contributed by atoms with E-state index in [-0.39, 0.29) is 5.92 Å². The zero-order valence-corrected chi connectivity index (χ0v) is 21.8. The van der Waals surface area contributed by atoms with Gasteiger partial charge in [-0.1, -0.05) is 29.8 Å². The van der Waals surface area contributed by atoms with E-state index in [1.165, 1.54) is 6.33 Å². The molecule has 188 valence electrons. The van der Waals surface area contributed by atoms with Crippen molar-refractivity contribution in [2.75, 3.05) is 38.9 Å². The van der Waals surface area contributed by atoms with Crippen molar-refractivity contribution in [1.82, 2.24) is 15.0 Å². The standard InChI is InChI=1S/C28H27ClN6O2/c1-35(2)20-9-11-24(31-14-20)28(18-6-5-7-19(29)13-18)21(15-32-27-25(28)26(30)33-16-34-27)17-8-10-22(36-3)23(12-17)37-4/h5-16,21H,1-4H3,(H2,30,33,34). The van der Waals surface area contributed by atoms with Crippen LogP contribution in [0.5, 0.6) is 11.5 Å². The van der Waals surface area contributed by atoms with E-state index in [2.05, 4.69) is 9.97 Å². The van der Waals surface area contributed by atoms with Gasteiger partial charge in [0.1, 0.15) is 12.1 Å². The fourth-order valence-corrected chi connectivity index (χ4v) is 5.23. The van der Waals surface area contributed by atoms with Gasteiger partial charge in [0.25, 0.3) is 0 Å². The lowest BCUT2D eigenvalue weighted by atomic mass is 9.61. The average Bonchev–Trinajstić information content (AvgIpc) is 2.92. The van der Waals surface area contributed by atoms with Gasteiger partial charge < -0.3 is 20.1 Å². The van der Waals surface area contributed by atoms with Crippen LogP contribution in [0, 0.1) is 0 Å². The molecule has 0 bridgehead atoms. The zero-order valence-electron chi connectivity index (χ0n) is 21.0. The van der Waals surface area contributed by atoms with Gasteiger partial charge in [-0.3, -0.25) is 4.98 Å². The highest BCUT2D eigenvalue weighted by Crippen LogP contribution is 2.55. The molecule has 9 heteroatoms. The maximum Gasteiger partial charge on any atom is 0.161 e. The Morgan fingerprint density at radius 1 is 0.946 bits per heavy atom. The molecular weight excluding hydrogens is 488 g/mol. The molecule has 2 unspecified atom stereocenters. The Balaban J connectivity index is 1.89. The van der Waals surface area contributed by atoms with Crippen molar-refractivity contribution in [1.29, 1.82) is 0 Å². The van der Waals surface area contributed by atoms with E-state index in [0.717, 1.165) is 22.5 Å². The molecule has 8 nitrogen and oxygen atoms in total. The molecule has 0 radical (unpaired) electrons. The van der Waals surface area contributed by atoms with Crippen molar-refractivity contribution in [3.63, 3.8) is 0 Å². The van der Waals surface area contributed by atoms with Crippen molar-refractivity contribution in [3.8, 4) is 11.5 Å². The van der Waals surface area contributed by atoms with E-state index in [1.54, 1.807) is 14.2 Å². The number of fused-ring (bicyclic) bond motifs is 1. The fraction of sp³-hybridized carbons (Fsp3) is 0.214. The Bertz CT molecular complexity index is 1470. The number of aliphatic imine (C=N–C) groups is 1. The van der Waals surface area contributed by atoms with Gasteiger partial charge in [-0.15, -0.1) is 0 Å². The van der Waals surface area contributed by atoms with Crippen molar-refractivity contribution >= 4 is 35.1 Å². The smallest absolute Gasteiger partial charge is 0.161 e. The first-order chi connectivity index (χ1) is 17.9. The Hall–Kier alpha value is -4.17. The normalized spacial score (nSPS) is 18.2. The van der Waals surface area contributed by atoms with Gasteiger partial charge >= 0.3 is 0 Å². The number of halogens is 1. The number of hydrogen-bond donors (Lipinski definition) is 1. The SMILES string of the molecule is COc1ccc(C2C=Nc3ncnc(N)c3C2(c2cccc(Cl)c2)c2ccc(N(C)C)cn2)cc1OC. The van der Waals surface area contributed by atoms with Crippen LogP contribution in [-0.4, -0.2) is 49.5 Å². The van der Waals surface area contributed by atoms with Crippen LogP contribution in [-0.2, 0) is 5.41 Å². The summed E-state index contributed by atoms with van der Waals surface area (Å²) in [6, 6.07) is 17.6. The number of nitrogens with two attached hydrogens (primary N) is 1. The first-order valence-electron chi connectivity index (χ1n) is 11.7. The summed E-state index contributed by atoms with van der Waals surface area (Å²) in [5, 5.41) is 0.590. The number of aromatic nitrogens is 3. The number of pyridine rings is 1. The number of methoxy groups -OCH3 is 2. The molecule has 5 rings (SSSR count).